The lowest BCUT2D eigenvalue weighted by molar-refractivity contribution is -0.140. The summed E-state index contributed by atoms with van der Waals surface area (Å²) >= 11 is 0. The van der Waals surface area contributed by atoms with E-state index in [-0.39, 0.29) is 35.5 Å². The average molecular weight is 472 g/mol. The highest BCUT2D eigenvalue weighted by Crippen LogP contribution is 2.65. The molecule has 6 atom stereocenters. The second-order valence-corrected chi connectivity index (χ2v) is 10.8. The van der Waals surface area contributed by atoms with Gasteiger partial charge in [0.2, 0.25) is 0 Å². The van der Waals surface area contributed by atoms with Gasteiger partial charge in [0.05, 0.1) is 18.1 Å². The minimum absolute atomic E-state index is 0.120. The van der Waals surface area contributed by atoms with Gasteiger partial charge in [-0.3, -0.25) is 9.59 Å². The number of rotatable bonds is 4. The zero-order valence-corrected chi connectivity index (χ0v) is 19.7. The number of benzene rings is 3. The third-order valence-corrected chi connectivity index (χ3v) is 8.99. The Labute approximate surface area is 208 Å². The molecule has 3 aromatic carbocycles. The Morgan fingerprint density at radius 3 is 2.25 bits per heavy atom. The maximum Gasteiger partial charge on any atom is 0.254 e. The van der Waals surface area contributed by atoms with Gasteiger partial charge in [0.25, 0.3) is 11.8 Å². The minimum Gasteiger partial charge on any atom is -0.342 e. The Balaban J connectivity index is 1.14. The lowest BCUT2D eigenvalue weighted by atomic mass is 9.63. The van der Waals surface area contributed by atoms with Gasteiger partial charge in [0.1, 0.15) is 0 Å². The largest absolute Gasteiger partial charge is 0.342 e. The van der Waals surface area contributed by atoms with Crippen LogP contribution in [-0.2, 0) is 16.1 Å². The molecule has 0 unspecified atom stereocenters. The molecule has 1 aliphatic heterocycles. The Bertz CT molecular complexity index is 1600. The number of carbonyl (C=O) groups excluding carboxylic acids is 2. The Morgan fingerprint density at radius 1 is 0.806 bits per heavy atom. The molecule has 1 aromatic heterocycles. The molecule has 5 aliphatic rings. The molecule has 0 radical (unpaired) electrons. The number of amides is 2. The van der Waals surface area contributed by atoms with Crippen LogP contribution in [0.4, 0.5) is 0 Å². The zero-order chi connectivity index (χ0) is 24.0. The number of nitrogens with zero attached hydrogens (tertiary/aromatic N) is 3. The maximum atomic E-state index is 13.3. The molecule has 36 heavy (non-hydrogen) atoms. The number of hydrogen-bond acceptors (Lipinski definition) is 3. The minimum atomic E-state index is -0.221. The topological polar surface area (TPSA) is 54.7 Å². The van der Waals surface area contributed by atoms with Gasteiger partial charge >= 0.3 is 0 Å². The van der Waals surface area contributed by atoms with Crippen molar-refractivity contribution >= 4 is 39.7 Å². The molecular formula is C31H25N3O2. The Hall–Kier alpha value is -3.99. The number of imide groups is 1. The van der Waals surface area contributed by atoms with Gasteiger partial charge in [0, 0.05) is 29.2 Å². The molecule has 2 heterocycles. The summed E-state index contributed by atoms with van der Waals surface area (Å²) in [7, 11) is 0. The fourth-order valence-electron chi connectivity index (χ4n) is 7.30. The number of carbonyl (C=O) groups is 2. The molecule has 4 aromatic rings. The van der Waals surface area contributed by atoms with Crippen LogP contribution in [-0.4, -0.2) is 27.6 Å². The molecule has 2 bridgehead atoms. The molecule has 176 valence electrons. The number of hydrazone groups is 1. The molecule has 9 rings (SSSR count). The van der Waals surface area contributed by atoms with Gasteiger partial charge in [-0.05, 0) is 52.5 Å². The van der Waals surface area contributed by atoms with Gasteiger partial charge in [-0.1, -0.05) is 72.8 Å². The van der Waals surface area contributed by atoms with Crippen LogP contribution < -0.4 is 0 Å². The van der Waals surface area contributed by atoms with E-state index < -0.39 is 0 Å². The van der Waals surface area contributed by atoms with Crippen LogP contribution in [0, 0.1) is 35.5 Å². The predicted octanol–water partition coefficient (Wildman–Crippen LogP) is 5.23. The molecule has 2 amide bonds. The van der Waals surface area contributed by atoms with Crippen LogP contribution in [0.2, 0.25) is 0 Å². The first kappa shape index (κ1) is 20.2. The highest BCUT2D eigenvalue weighted by molar-refractivity contribution is 6.07. The van der Waals surface area contributed by atoms with E-state index in [1.807, 2.05) is 12.1 Å². The number of allylic oxidation sites excluding steroid dienone is 2. The normalized spacial score (nSPS) is 30.1. The molecular weight excluding hydrogens is 446 g/mol. The zero-order valence-electron chi connectivity index (χ0n) is 19.7. The van der Waals surface area contributed by atoms with E-state index in [4.69, 9.17) is 0 Å². The third-order valence-electron chi connectivity index (χ3n) is 8.99. The molecule has 2 saturated carbocycles. The van der Waals surface area contributed by atoms with Gasteiger partial charge in [-0.2, -0.15) is 10.1 Å². The number of hydrogen-bond donors (Lipinski definition) is 0. The van der Waals surface area contributed by atoms with Crippen LogP contribution in [0.25, 0.3) is 21.7 Å². The van der Waals surface area contributed by atoms with E-state index in [1.165, 1.54) is 21.3 Å². The molecule has 3 fully saturated rings. The molecule has 0 spiro atoms. The monoisotopic (exact) mass is 471 g/mol. The van der Waals surface area contributed by atoms with Crippen molar-refractivity contribution in [1.82, 2.24) is 9.58 Å². The summed E-state index contributed by atoms with van der Waals surface area (Å²) in [5.41, 5.74) is 3.25. The van der Waals surface area contributed by atoms with Crippen molar-refractivity contribution in [2.75, 3.05) is 0 Å². The van der Waals surface area contributed by atoms with Crippen molar-refractivity contribution in [3.63, 3.8) is 0 Å². The maximum absolute atomic E-state index is 13.3. The Kier molecular flexibility index (Phi) is 4.08. The third kappa shape index (κ3) is 2.74. The number of fused-ring (bicyclic) bond motifs is 2. The fourth-order valence-corrected chi connectivity index (χ4v) is 7.30. The van der Waals surface area contributed by atoms with Crippen LogP contribution >= 0.6 is 0 Å². The predicted molar refractivity (Wildman–Crippen MR) is 139 cm³/mol. The first-order valence-corrected chi connectivity index (χ1v) is 12.8. The van der Waals surface area contributed by atoms with Crippen molar-refractivity contribution < 1.29 is 9.59 Å². The highest BCUT2D eigenvalue weighted by atomic mass is 16.2. The summed E-state index contributed by atoms with van der Waals surface area (Å²) in [5.74, 6) is 0.926. The quantitative estimate of drug-likeness (QED) is 0.233. The van der Waals surface area contributed by atoms with E-state index in [0.717, 1.165) is 29.4 Å². The number of para-hydroxylation sites is 1. The second kappa shape index (κ2) is 7.26. The van der Waals surface area contributed by atoms with Crippen molar-refractivity contribution in [2.45, 2.75) is 13.0 Å². The van der Waals surface area contributed by atoms with Gasteiger partial charge in [0.15, 0.2) is 0 Å². The van der Waals surface area contributed by atoms with Crippen molar-refractivity contribution in [2.24, 2.45) is 40.6 Å². The smallest absolute Gasteiger partial charge is 0.254 e. The van der Waals surface area contributed by atoms with Crippen molar-refractivity contribution in [1.29, 1.82) is 0 Å². The van der Waals surface area contributed by atoms with E-state index in [0.29, 0.717) is 11.8 Å². The molecule has 0 N–H and O–H groups in total. The van der Waals surface area contributed by atoms with E-state index in [2.05, 4.69) is 82.6 Å². The van der Waals surface area contributed by atoms with Gasteiger partial charge in [-0.25, -0.2) is 0 Å². The number of aromatic nitrogens is 1. The fraction of sp³-hybridized carbons (Fsp3) is 0.258. The van der Waals surface area contributed by atoms with E-state index in [1.54, 1.807) is 6.21 Å². The summed E-state index contributed by atoms with van der Waals surface area (Å²) in [6.07, 6.45) is 9.33. The summed E-state index contributed by atoms with van der Waals surface area (Å²) in [5, 5.41) is 9.20. The second-order valence-electron chi connectivity index (χ2n) is 10.8. The van der Waals surface area contributed by atoms with E-state index >= 15 is 0 Å². The summed E-state index contributed by atoms with van der Waals surface area (Å²) in [6.45, 7) is 0.721. The first-order chi connectivity index (χ1) is 17.7. The first-order valence-electron chi connectivity index (χ1n) is 12.8. The molecule has 4 aliphatic carbocycles. The van der Waals surface area contributed by atoms with Gasteiger partial charge < -0.3 is 4.57 Å². The van der Waals surface area contributed by atoms with Crippen LogP contribution in [0.1, 0.15) is 17.5 Å². The summed E-state index contributed by atoms with van der Waals surface area (Å²) < 4.78 is 2.23. The average Bonchev–Trinajstić information content (AvgIpc) is 3.62. The molecule has 1 saturated heterocycles. The standard InChI is InChI=1S/C31H25N3O2/c35-30-28-23-12-13-24(26-14-25(23)26)29(28)31(36)34(30)32-15-20-17-33(27-11-4-3-10-22(20)27)16-19-8-5-7-18-6-1-2-9-21(18)19/h1-13,15,17,23-26,28-29H,14,16H2/b32-15-/t23-,24-,25-,26-,28+,29+/m0/s1. The lowest BCUT2D eigenvalue weighted by Crippen LogP contribution is -2.40. The highest BCUT2D eigenvalue weighted by Gasteiger charge is 2.67. The lowest BCUT2D eigenvalue weighted by Gasteiger charge is -2.37. The van der Waals surface area contributed by atoms with Crippen LogP contribution in [0.3, 0.4) is 0 Å². The summed E-state index contributed by atoms with van der Waals surface area (Å²) in [6, 6.07) is 23.1. The van der Waals surface area contributed by atoms with Crippen LogP contribution in [0.5, 0.6) is 0 Å². The van der Waals surface area contributed by atoms with Crippen molar-refractivity contribution in [3.8, 4) is 0 Å². The summed E-state index contributed by atoms with van der Waals surface area (Å²) in [4.78, 5) is 26.6. The molecule has 5 nitrogen and oxygen atoms in total. The van der Waals surface area contributed by atoms with Crippen LogP contribution in [0.15, 0.2) is 90.2 Å². The Morgan fingerprint density at radius 2 is 1.47 bits per heavy atom. The molecule has 5 heteroatoms. The SMILES string of the molecule is O=C1[C@@H]2[C@H]3C=C[C@@H]([C@@H]4C[C@@H]34)[C@H]2C(=O)N1/N=C\c1cn(Cc2cccc3ccccc23)c2ccccc12. The van der Waals surface area contributed by atoms with Gasteiger partial charge in [-0.15, -0.1) is 0 Å². The van der Waals surface area contributed by atoms with Crippen molar-refractivity contribution in [3.05, 3.63) is 96.2 Å². The van der Waals surface area contributed by atoms with E-state index in [9.17, 15) is 9.59 Å².